The molecule has 4 nitrogen and oxygen atoms in total. The van der Waals surface area contributed by atoms with Crippen molar-refractivity contribution in [3.8, 4) is 5.75 Å². The van der Waals surface area contributed by atoms with Crippen LogP contribution < -0.4 is 4.74 Å². The van der Waals surface area contributed by atoms with E-state index in [0.717, 1.165) is 11.6 Å². The number of allylic oxidation sites excluding steroid dienone is 1. The molecule has 1 aromatic rings. The maximum Gasteiger partial charge on any atom is 0.279 e. The Labute approximate surface area is 91.9 Å². The maximum absolute atomic E-state index is 10.9. The van der Waals surface area contributed by atoms with Crippen molar-refractivity contribution in [2.45, 2.75) is 0 Å². The van der Waals surface area contributed by atoms with E-state index in [4.69, 9.17) is 16.3 Å². The number of halogens is 1. The van der Waals surface area contributed by atoms with Crippen LogP contribution in [-0.4, -0.2) is 14.6 Å². The molecule has 78 valence electrons. The van der Waals surface area contributed by atoms with Gasteiger partial charge in [-0.2, -0.15) is 12.8 Å². The Morgan fingerprint density at radius 1 is 1.20 bits per heavy atom. The van der Waals surface area contributed by atoms with Crippen LogP contribution in [0.2, 0.25) is 5.02 Å². The number of sulfonamides is 1. The molecule has 0 aliphatic carbocycles. The second-order valence-corrected chi connectivity index (χ2v) is 4.74. The molecule has 0 atom stereocenters. The van der Waals surface area contributed by atoms with Crippen molar-refractivity contribution in [2.24, 2.45) is 4.40 Å². The van der Waals surface area contributed by atoms with E-state index in [1.807, 2.05) is 0 Å². The molecule has 0 unspecified atom stereocenters. The fourth-order valence-electron chi connectivity index (χ4n) is 1.02. The number of ether oxygens (including phenoxy) is 1. The van der Waals surface area contributed by atoms with E-state index in [9.17, 15) is 8.42 Å². The summed E-state index contributed by atoms with van der Waals surface area (Å²) in [4.78, 5) is 0. The summed E-state index contributed by atoms with van der Waals surface area (Å²) in [6.07, 6.45) is 1.16. The second-order valence-electron chi connectivity index (χ2n) is 2.83. The molecule has 0 aromatic heterocycles. The smallest absolute Gasteiger partial charge is 0.279 e. The Morgan fingerprint density at radius 2 is 1.87 bits per heavy atom. The molecule has 0 fully saturated rings. The molecule has 0 saturated heterocycles. The molecule has 1 aliphatic rings. The number of rotatable bonds is 2. The van der Waals surface area contributed by atoms with Crippen LogP contribution in [0.15, 0.2) is 39.8 Å². The van der Waals surface area contributed by atoms with Gasteiger partial charge in [-0.25, -0.2) is 0 Å². The van der Waals surface area contributed by atoms with Crippen LogP contribution in [0.1, 0.15) is 0 Å². The summed E-state index contributed by atoms with van der Waals surface area (Å²) >= 11 is 5.68. The number of benzene rings is 1. The van der Waals surface area contributed by atoms with Crippen molar-refractivity contribution >= 4 is 27.8 Å². The Morgan fingerprint density at radius 3 is 2.40 bits per heavy atom. The van der Waals surface area contributed by atoms with Crippen LogP contribution in [0, 0.1) is 0 Å². The molecule has 1 heterocycles. The quantitative estimate of drug-likeness (QED) is 0.798. The van der Waals surface area contributed by atoms with Gasteiger partial charge in [-0.1, -0.05) is 11.6 Å². The predicted molar refractivity (Wildman–Crippen MR) is 57.6 cm³/mol. The minimum atomic E-state index is -3.47. The third-order valence-corrected chi connectivity index (χ3v) is 2.82. The Kier molecular flexibility index (Phi) is 2.50. The van der Waals surface area contributed by atoms with E-state index < -0.39 is 10.0 Å². The lowest BCUT2D eigenvalue weighted by molar-refractivity contribution is 0.459. The van der Waals surface area contributed by atoms with Crippen LogP contribution in [-0.2, 0) is 10.0 Å². The van der Waals surface area contributed by atoms with Crippen LogP contribution >= 0.6 is 11.6 Å². The SMILES string of the molecule is O=S1(=O)C=C(Oc2ccc(Cl)cc2)C=N1. The molecule has 0 bridgehead atoms. The van der Waals surface area contributed by atoms with E-state index in [1.54, 1.807) is 24.3 Å². The molecule has 0 spiro atoms. The highest BCUT2D eigenvalue weighted by atomic mass is 35.5. The molecule has 0 amide bonds. The first-order valence-electron chi connectivity index (χ1n) is 4.01. The van der Waals surface area contributed by atoms with Crippen molar-refractivity contribution in [1.29, 1.82) is 0 Å². The first-order valence-corrected chi connectivity index (χ1v) is 5.89. The van der Waals surface area contributed by atoms with E-state index in [2.05, 4.69) is 4.40 Å². The van der Waals surface area contributed by atoms with Gasteiger partial charge >= 0.3 is 0 Å². The predicted octanol–water partition coefficient (Wildman–Crippen LogP) is 1.97. The Hall–Kier alpha value is -1.33. The Bertz CT molecular complexity index is 531. The fourth-order valence-corrected chi connectivity index (χ4v) is 1.86. The van der Waals surface area contributed by atoms with Crippen molar-refractivity contribution in [3.05, 3.63) is 40.5 Å². The standard InChI is InChI=1S/C9H6ClNO3S/c10-7-1-3-8(4-2-7)14-9-5-11-15(12,13)6-9/h1-6H. The number of hydrogen-bond donors (Lipinski definition) is 0. The van der Waals surface area contributed by atoms with Crippen LogP contribution in [0.4, 0.5) is 0 Å². The maximum atomic E-state index is 10.9. The molecule has 1 aromatic carbocycles. The highest BCUT2D eigenvalue weighted by Crippen LogP contribution is 2.19. The fraction of sp³-hybridized carbons (Fsp3) is 0. The van der Waals surface area contributed by atoms with Gasteiger partial charge in [0.25, 0.3) is 10.0 Å². The van der Waals surface area contributed by atoms with Gasteiger partial charge in [0.2, 0.25) is 0 Å². The van der Waals surface area contributed by atoms with Gasteiger partial charge in [-0.15, -0.1) is 0 Å². The van der Waals surface area contributed by atoms with Crippen molar-refractivity contribution in [3.63, 3.8) is 0 Å². The van der Waals surface area contributed by atoms with Crippen molar-refractivity contribution in [1.82, 2.24) is 0 Å². The summed E-state index contributed by atoms with van der Waals surface area (Å²) in [7, 11) is -3.47. The second kappa shape index (κ2) is 3.67. The summed E-state index contributed by atoms with van der Waals surface area (Å²) in [5.41, 5.74) is 0. The minimum Gasteiger partial charge on any atom is -0.455 e. The van der Waals surface area contributed by atoms with Gasteiger partial charge in [-0.05, 0) is 24.3 Å². The molecule has 0 radical (unpaired) electrons. The molecule has 0 saturated carbocycles. The van der Waals surface area contributed by atoms with Gasteiger partial charge in [0.15, 0.2) is 5.76 Å². The normalized spacial score (nSPS) is 17.5. The molecular weight excluding hydrogens is 238 g/mol. The summed E-state index contributed by atoms with van der Waals surface area (Å²) in [5.74, 6) is 0.700. The molecular formula is C9H6ClNO3S. The van der Waals surface area contributed by atoms with Gasteiger partial charge in [0.05, 0.1) is 11.6 Å². The summed E-state index contributed by atoms with van der Waals surface area (Å²) < 4.78 is 30.3. The van der Waals surface area contributed by atoms with Crippen molar-refractivity contribution < 1.29 is 13.2 Å². The van der Waals surface area contributed by atoms with E-state index >= 15 is 0 Å². The molecule has 1 aliphatic heterocycles. The first kappa shape index (κ1) is 10.2. The van der Waals surface area contributed by atoms with E-state index in [0.29, 0.717) is 10.8 Å². The van der Waals surface area contributed by atoms with Crippen molar-refractivity contribution in [2.75, 3.05) is 0 Å². The third-order valence-electron chi connectivity index (χ3n) is 1.64. The molecule has 15 heavy (non-hydrogen) atoms. The topological polar surface area (TPSA) is 55.7 Å². The zero-order valence-electron chi connectivity index (χ0n) is 7.42. The molecule has 0 N–H and O–H groups in total. The van der Waals surface area contributed by atoms with E-state index in [1.165, 1.54) is 0 Å². The largest absolute Gasteiger partial charge is 0.455 e. The average molecular weight is 244 g/mol. The molecule has 2 rings (SSSR count). The highest BCUT2D eigenvalue weighted by molar-refractivity contribution is 7.93. The summed E-state index contributed by atoms with van der Waals surface area (Å²) in [5, 5.41) is 1.55. The third kappa shape index (κ3) is 2.57. The van der Waals surface area contributed by atoms with Crippen LogP contribution in [0.3, 0.4) is 0 Å². The monoisotopic (exact) mass is 243 g/mol. The zero-order chi connectivity index (χ0) is 10.9. The van der Waals surface area contributed by atoms with Crippen LogP contribution in [0.25, 0.3) is 0 Å². The van der Waals surface area contributed by atoms with Crippen LogP contribution in [0.5, 0.6) is 5.75 Å². The highest BCUT2D eigenvalue weighted by Gasteiger charge is 2.14. The van der Waals surface area contributed by atoms with Gasteiger partial charge in [0, 0.05) is 5.02 Å². The lowest BCUT2D eigenvalue weighted by Crippen LogP contribution is -1.93. The zero-order valence-corrected chi connectivity index (χ0v) is 8.99. The Balaban J connectivity index is 2.18. The summed E-state index contributed by atoms with van der Waals surface area (Å²) in [6, 6.07) is 6.58. The van der Waals surface area contributed by atoms with Gasteiger partial charge < -0.3 is 4.74 Å². The number of nitrogens with zero attached hydrogens (tertiary/aromatic N) is 1. The summed E-state index contributed by atoms with van der Waals surface area (Å²) in [6.45, 7) is 0. The number of hydrogen-bond acceptors (Lipinski definition) is 3. The van der Waals surface area contributed by atoms with Gasteiger partial charge in [0.1, 0.15) is 5.75 Å². The average Bonchev–Trinajstić information content (AvgIpc) is 2.50. The molecule has 6 heteroatoms. The lowest BCUT2D eigenvalue weighted by atomic mass is 10.3. The minimum absolute atomic E-state index is 0.192. The van der Waals surface area contributed by atoms with Gasteiger partial charge in [-0.3, -0.25) is 0 Å². The lowest BCUT2D eigenvalue weighted by Gasteiger charge is -2.02. The first-order chi connectivity index (χ1) is 7.05. The van der Waals surface area contributed by atoms with E-state index in [-0.39, 0.29) is 5.76 Å².